The maximum atomic E-state index is 12.4. The van der Waals surface area contributed by atoms with Crippen LogP contribution in [0.4, 0.5) is 0 Å². The molecule has 94 valence electrons. The highest BCUT2D eigenvalue weighted by atomic mass is 32.1. The molecular weight excluding hydrogens is 248 g/mol. The highest BCUT2D eigenvalue weighted by molar-refractivity contribution is 7.11. The number of nitrogens with one attached hydrogen (secondary N) is 1. The number of rotatable bonds is 2. The molecule has 1 unspecified atom stereocenters. The highest BCUT2D eigenvalue weighted by Gasteiger charge is 2.32. The SMILES string of the molecule is Cc1cn[nH]c1C1CCCN1C(=O)c1cncs1. The molecule has 3 rings (SSSR count). The number of H-pyrrole nitrogens is 1. The summed E-state index contributed by atoms with van der Waals surface area (Å²) in [5.41, 5.74) is 3.87. The van der Waals surface area contributed by atoms with Crippen LogP contribution in [0.2, 0.25) is 0 Å². The van der Waals surface area contributed by atoms with Gasteiger partial charge < -0.3 is 4.90 Å². The number of carbonyl (C=O) groups is 1. The summed E-state index contributed by atoms with van der Waals surface area (Å²) in [5, 5.41) is 7.07. The van der Waals surface area contributed by atoms with Gasteiger partial charge in [-0.3, -0.25) is 14.9 Å². The van der Waals surface area contributed by atoms with Crippen molar-refractivity contribution < 1.29 is 4.79 Å². The van der Waals surface area contributed by atoms with Crippen molar-refractivity contribution in [3.8, 4) is 0 Å². The molecule has 1 saturated heterocycles. The van der Waals surface area contributed by atoms with E-state index in [0.29, 0.717) is 4.88 Å². The smallest absolute Gasteiger partial charge is 0.266 e. The van der Waals surface area contributed by atoms with Crippen molar-refractivity contribution in [2.45, 2.75) is 25.8 Å². The third-order valence-corrected chi connectivity index (χ3v) is 4.12. The average molecular weight is 262 g/mol. The van der Waals surface area contributed by atoms with Crippen molar-refractivity contribution in [1.29, 1.82) is 0 Å². The van der Waals surface area contributed by atoms with Crippen LogP contribution in [0.15, 0.2) is 17.9 Å². The van der Waals surface area contributed by atoms with Crippen LogP contribution in [-0.2, 0) is 0 Å². The molecule has 0 saturated carbocycles. The van der Waals surface area contributed by atoms with Crippen LogP contribution in [0.3, 0.4) is 0 Å². The first kappa shape index (κ1) is 11.4. The summed E-state index contributed by atoms with van der Waals surface area (Å²) in [6.07, 6.45) is 5.48. The topological polar surface area (TPSA) is 61.9 Å². The van der Waals surface area contributed by atoms with Gasteiger partial charge in [0, 0.05) is 6.54 Å². The maximum absolute atomic E-state index is 12.4. The molecule has 1 fully saturated rings. The van der Waals surface area contributed by atoms with Crippen molar-refractivity contribution in [1.82, 2.24) is 20.1 Å². The lowest BCUT2D eigenvalue weighted by atomic mass is 10.1. The van der Waals surface area contributed by atoms with E-state index in [1.807, 2.05) is 18.0 Å². The number of carbonyl (C=O) groups excluding carboxylic acids is 1. The molecule has 2 aromatic rings. The van der Waals surface area contributed by atoms with Crippen LogP contribution < -0.4 is 0 Å². The minimum absolute atomic E-state index is 0.0778. The molecule has 1 aliphatic heterocycles. The van der Waals surface area contributed by atoms with Gasteiger partial charge >= 0.3 is 0 Å². The van der Waals surface area contributed by atoms with Crippen LogP contribution in [-0.4, -0.2) is 32.5 Å². The van der Waals surface area contributed by atoms with Crippen molar-refractivity contribution >= 4 is 17.2 Å². The van der Waals surface area contributed by atoms with E-state index < -0.39 is 0 Å². The van der Waals surface area contributed by atoms with Crippen LogP contribution in [0.25, 0.3) is 0 Å². The first-order chi connectivity index (χ1) is 8.77. The van der Waals surface area contributed by atoms with E-state index in [1.165, 1.54) is 11.3 Å². The third kappa shape index (κ3) is 1.82. The van der Waals surface area contributed by atoms with Crippen molar-refractivity contribution in [3.05, 3.63) is 34.0 Å². The predicted molar refractivity (Wildman–Crippen MR) is 68.5 cm³/mol. The molecule has 1 amide bonds. The van der Waals surface area contributed by atoms with Gasteiger partial charge in [0.25, 0.3) is 5.91 Å². The summed E-state index contributed by atoms with van der Waals surface area (Å²) in [4.78, 5) is 19.0. The number of aromatic amines is 1. The van der Waals surface area contributed by atoms with Gasteiger partial charge in [-0.25, -0.2) is 0 Å². The normalized spacial score (nSPS) is 19.4. The molecule has 2 aromatic heterocycles. The summed E-state index contributed by atoms with van der Waals surface area (Å²) >= 11 is 1.39. The minimum atomic E-state index is 0.0778. The fourth-order valence-corrected chi connectivity index (χ4v) is 3.04. The van der Waals surface area contributed by atoms with Crippen molar-refractivity contribution in [2.75, 3.05) is 6.54 Å². The molecule has 3 heterocycles. The number of aryl methyl sites for hydroxylation is 1. The largest absolute Gasteiger partial charge is 0.329 e. The Kier molecular flexibility index (Phi) is 2.87. The van der Waals surface area contributed by atoms with Crippen LogP contribution in [0, 0.1) is 6.92 Å². The zero-order valence-corrected chi connectivity index (χ0v) is 10.9. The van der Waals surface area contributed by atoms with Gasteiger partial charge in [-0.1, -0.05) is 0 Å². The third-order valence-electron chi connectivity index (χ3n) is 3.36. The van der Waals surface area contributed by atoms with Gasteiger partial charge in [0.2, 0.25) is 0 Å². The van der Waals surface area contributed by atoms with E-state index >= 15 is 0 Å². The minimum Gasteiger partial charge on any atom is -0.329 e. The summed E-state index contributed by atoms with van der Waals surface area (Å²) in [6, 6.07) is 0.127. The quantitative estimate of drug-likeness (QED) is 0.902. The molecular formula is C12H14N4OS. The Hall–Kier alpha value is -1.69. The van der Waals surface area contributed by atoms with Crippen LogP contribution in [0.5, 0.6) is 0 Å². The molecule has 18 heavy (non-hydrogen) atoms. The van der Waals surface area contributed by atoms with E-state index in [1.54, 1.807) is 11.7 Å². The second-order valence-corrected chi connectivity index (χ2v) is 5.38. The number of thiazole rings is 1. The van der Waals surface area contributed by atoms with E-state index in [4.69, 9.17) is 0 Å². The number of likely N-dealkylation sites (tertiary alicyclic amines) is 1. The lowest BCUT2D eigenvalue weighted by molar-refractivity contribution is 0.0737. The molecule has 0 spiro atoms. The summed E-state index contributed by atoms with van der Waals surface area (Å²) in [7, 11) is 0. The molecule has 6 heteroatoms. The molecule has 1 aliphatic rings. The number of hydrogen-bond donors (Lipinski definition) is 1. The summed E-state index contributed by atoms with van der Waals surface area (Å²) in [6.45, 7) is 2.83. The van der Waals surface area contributed by atoms with Crippen LogP contribution >= 0.6 is 11.3 Å². The Morgan fingerprint density at radius 1 is 1.56 bits per heavy atom. The molecule has 0 aliphatic carbocycles. The first-order valence-corrected chi connectivity index (χ1v) is 6.84. The summed E-state index contributed by atoms with van der Waals surface area (Å²) < 4.78 is 0. The van der Waals surface area contributed by atoms with E-state index in [2.05, 4.69) is 15.2 Å². The zero-order valence-electron chi connectivity index (χ0n) is 10.1. The number of amides is 1. The Bertz CT molecular complexity index is 548. The second-order valence-electron chi connectivity index (χ2n) is 4.49. The van der Waals surface area contributed by atoms with Crippen LogP contribution in [0.1, 0.15) is 39.8 Å². The van der Waals surface area contributed by atoms with E-state index in [0.717, 1.165) is 30.6 Å². The maximum Gasteiger partial charge on any atom is 0.266 e. The van der Waals surface area contributed by atoms with Crippen molar-refractivity contribution in [2.24, 2.45) is 0 Å². The Labute approximate surface area is 109 Å². The number of aromatic nitrogens is 3. The zero-order chi connectivity index (χ0) is 12.5. The Balaban J connectivity index is 1.88. The molecule has 0 aromatic carbocycles. The van der Waals surface area contributed by atoms with E-state index in [-0.39, 0.29) is 11.9 Å². The fourth-order valence-electron chi connectivity index (χ4n) is 2.47. The molecule has 1 atom stereocenters. The van der Waals surface area contributed by atoms with Gasteiger partial charge in [0.05, 0.1) is 29.6 Å². The fraction of sp³-hybridized carbons (Fsp3) is 0.417. The predicted octanol–water partition coefficient (Wildman–Crippen LogP) is 2.15. The monoisotopic (exact) mass is 262 g/mol. The highest BCUT2D eigenvalue weighted by Crippen LogP contribution is 2.33. The Morgan fingerprint density at radius 3 is 3.11 bits per heavy atom. The van der Waals surface area contributed by atoms with Gasteiger partial charge in [0.15, 0.2) is 0 Å². The van der Waals surface area contributed by atoms with E-state index in [9.17, 15) is 4.79 Å². The summed E-state index contributed by atoms with van der Waals surface area (Å²) in [5.74, 6) is 0.0778. The molecule has 5 nitrogen and oxygen atoms in total. The lowest BCUT2D eigenvalue weighted by Gasteiger charge is -2.23. The molecule has 1 N–H and O–H groups in total. The molecule has 0 bridgehead atoms. The number of nitrogens with zero attached hydrogens (tertiary/aromatic N) is 3. The van der Waals surface area contributed by atoms with Gasteiger partial charge in [-0.15, -0.1) is 11.3 Å². The van der Waals surface area contributed by atoms with Crippen molar-refractivity contribution in [3.63, 3.8) is 0 Å². The lowest BCUT2D eigenvalue weighted by Crippen LogP contribution is -2.30. The van der Waals surface area contributed by atoms with Gasteiger partial charge in [-0.05, 0) is 25.3 Å². The van der Waals surface area contributed by atoms with Gasteiger partial charge in [0.1, 0.15) is 4.88 Å². The first-order valence-electron chi connectivity index (χ1n) is 5.96. The Morgan fingerprint density at radius 2 is 2.44 bits per heavy atom. The van der Waals surface area contributed by atoms with Gasteiger partial charge in [-0.2, -0.15) is 5.10 Å². The molecule has 0 radical (unpaired) electrons. The number of hydrogen-bond acceptors (Lipinski definition) is 4. The average Bonchev–Trinajstić information content (AvgIpc) is 3.09. The second kappa shape index (κ2) is 4.53. The standard InChI is InChI=1S/C12H14N4OS/c1-8-5-14-15-11(8)9-3-2-4-16(9)12(17)10-6-13-7-18-10/h5-7,9H,2-4H2,1H3,(H,14,15).